The van der Waals surface area contributed by atoms with Crippen molar-refractivity contribution in [3.63, 3.8) is 0 Å². The Morgan fingerprint density at radius 1 is 1.15 bits per heavy atom. The van der Waals surface area contributed by atoms with Crippen LogP contribution in [0.1, 0.15) is 42.4 Å². The second kappa shape index (κ2) is 7.95. The molecule has 1 atom stereocenters. The monoisotopic (exact) mass is 355 g/mol. The lowest BCUT2D eigenvalue weighted by Crippen LogP contribution is -2.33. The predicted octanol–water partition coefficient (Wildman–Crippen LogP) is 2.96. The average molecular weight is 355 g/mol. The molecule has 0 aliphatic carbocycles. The SMILES string of the molecule is CC(=O)[C@H](Nc1cnc(C(N)=O)c(Nc2ccc(C)c(C)c2)n1)C(C)C. The molecule has 0 unspecified atom stereocenters. The topological polar surface area (TPSA) is 110 Å². The van der Waals surface area contributed by atoms with Gasteiger partial charge < -0.3 is 16.4 Å². The third-order valence-electron chi connectivity index (χ3n) is 4.18. The van der Waals surface area contributed by atoms with E-state index in [1.54, 1.807) is 0 Å². The van der Waals surface area contributed by atoms with E-state index in [0.29, 0.717) is 5.82 Å². The maximum Gasteiger partial charge on any atom is 0.271 e. The zero-order valence-electron chi connectivity index (χ0n) is 15.8. The first-order valence-electron chi connectivity index (χ1n) is 8.47. The first-order valence-corrected chi connectivity index (χ1v) is 8.47. The van der Waals surface area contributed by atoms with Crippen LogP contribution >= 0.6 is 0 Å². The fraction of sp³-hybridized carbons (Fsp3) is 0.368. The molecule has 7 heteroatoms. The first kappa shape index (κ1) is 19.4. The molecule has 0 saturated carbocycles. The van der Waals surface area contributed by atoms with Crippen LogP contribution in [0.5, 0.6) is 0 Å². The summed E-state index contributed by atoms with van der Waals surface area (Å²) in [6, 6.07) is 5.43. The minimum absolute atomic E-state index is 0.00412. The quantitative estimate of drug-likeness (QED) is 0.704. The van der Waals surface area contributed by atoms with Gasteiger partial charge in [0.05, 0.1) is 12.2 Å². The van der Waals surface area contributed by atoms with Crippen LogP contribution in [-0.4, -0.2) is 27.7 Å². The highest BCUT2D eigenvalue weighted by Gasteiger charge is 2.20. The predicted molar refractivity (Wildman–Crippen MR) is 103 cm³/mol. The highest BCUT2D eigenvalue weighted by molar-refractivity contribution is 5.96. The number of hydrogen-bond donors (Lipinski definition) is 3. The third kappa shape index (κ3) is 4.56. The average Bonchev–Trinajstić information content (AvgIpc) is 2.55. The number of aromatic nitrogens is 2. The minimum Gasteiger partial charge on any atom is -0.364 e. The fourth-order valence-electron chi connectivity index (χ4n) is 2.58. The summed E-state index contributed by atoms with van der Waals surface area (Å²) in [7, 11) is 0. The Hall–Kier alpha value is -2.96. The van der Waals surface area contributed by atoms with Crippen molar-refractivity contribution >= 4 is 29.0 Å². The molecule has 0 aliphatic heterocycles. The summed E-state index contributed by atoms with van der Waals surface area (Å²) < 4.78 is 0. The number of carbonyl (C=O) groups is 2. The maximum atomic E-state index is 11.8. The molecule has 1 aromatic heterocycles. The molecule has 2 aromatic rings. The summed E-state index contributed by atoms with van der Waals surface area (Å²) in [4.78, 5) is 32.0. The molecule has 4 N–H and O–H groups in total. The van der Waals surface area contributed by atoms with Gasteiger partial charge in [0.25, 0.3) is 5.91 Å². The lowest BCUT2D eigenvalue weighted by Gasteiger charge is -2.20. The van der Waals surface area contributed by atoms with E-state index in [1.165, 1.54) is 13.1 Å². The molecule has 0 radical (unpaired) electrons. The van der Waals surface area contributed by atoms with Gasteiger partial charge >= 0.3 is 0 Å². The van der Waals surface area contributed by atoms with Gasteiger partial charge in [0, 0.05) is 5.69 Å². The Morgan fingerprint density at radius 3 is 2.38 bits per heavy atom. The van der Waals surface area contributed by atoms with Crippen molar-refractivity contribution in [2.45, 2.75) is 40.7 Å². The van der Waals surface area contributed by atoms with Crippen LogP contribution in [0, 0.1) is 19.8 Å². The van der Waals surface area contributed by atoms with Gasteiger partial charge in [-0.15, -0.1) is 0 Å². The molecule has 0 bridgehead atoms. The zero-order valence-corrected chi connectivity index (χ0v) is 15.8. The van der Waals surface area contributed by atoms with E-state index in [1.807, 2.05) is 45.9 Å². The summed E-state index contributed by atoms with van der Waals surface area (Å²) in [6.45, 7) is 9.43. The molecule has 0 saturated heterocycles. The number of nitrogens with zero attached hydrogens (tertiary/aromatic N) is 2. The number of nitrogens with two attached hydrogens (primary N) is 1. The van der Waals surface area contributed by atoms with Gasteiger partial charge in [0.15, 0.2) is 17.3 Å². The molecule has 2 rings (SSSR count). The van der Waals surface area contributed by atoms with Crippen LogP contribution in [0.25, 0.3) is 0 Å². The van der Waals surface area contributed by atoms with Gasteiger partial charge in [-0.1, -0.05) is 19.9 Å². The van der Waals surface area contributed by atoms with E-state index in [2.05, 4.69) is 20.6 Å². The Bertz CT molecular complexity index is 833. The van der Waals surface area contributed by atoms with E-state index in [0.717, 1.165) is 16.8 Å². The number of ketones is 1. The summed E-state index contributed by atoms with van der Waals surface area (Å²) in [5, 5.41) is 6.17. The summed E-state index contributed by atoms with van der Waals surface area (Å²) in [5.74, 6) is 0.0557. The van der Waals surface area contributed by atoms with Gasteiger partial charge in [-0.3, -0.25) is 9.59 Å². The van der Waals surface area contributed by atoms with Crippen LogP contribution < -0.4 is 16.4 Å². The van der Waals surface area contributed by atoms with Crippen LogP contribution in [0.2, 0.25) is 0 Å². The number of rotatable bonds is 7. The second-order valence-corrected chi connectivity index (χ2v) is 6.72. The zero-order chi connectivity index (χ0) is 19.4. The van der Waals surface area contributed by atoms with Crippen LogP contribution in [0.3, 0.4) is 0 Å². The number of primary amides is 1. The Kier molecular flexibility index (Phi) is 5.92. The number of nitrogens with one attached hydrogen (secondary N) is 2. The molecule has 138 valence electrons. The molecule has 0 fully saturated rings. The number of carbonyl (C=O) groups excluding carboxylic acids is 2. The van der Waals surface area contributed by atoms with Gasteiger partial charge in [-0.2, -0.15) is 0 Å². The molecular weight excluding hydrogens is 330 g/mol. The van der Waals surface area contributed by atoms with Crippen LogP contribution in [0.4, 0.5) is 17.3 Å². The molecule has 1 amide bonds. The Balaban J connectivity index is 2.37. The smallest absolute Gasteiger partial charge is 0.271 e. The number of Topliss-reactive ketones (excluding diaryl/α,β-unsaturated/α-hetero) is 1. The van der Waals surface area contributed by atoms with Gasteiger partial charge in [-0.05, 0) is 49.9 Å². The highest BCUT2D eigenvalue weighted by Crippen LogP contribution is 2.22. The van der Waals surface area contributed by atoms with Crippen molar-refractivity contribution in [3.8, 4) is 0 Å². The molecule has 0 aliphatic rings. The second-order valence-electron chi connectivity index (χ2n) is 6.72. The Morgan fingerprint density at radius 2 is 1.85 bits per heavy atom. The van der Waals surface area contributed by atoms with Gasteiger partial charge in [0.1, 0.15) is 5.82 Å². The molecule has 1 aromatic carbocycles. The largest absolute Gasteiger partial charge is 0.364 e. The van der Waals surface area contributed by atoms with Crippen LogP contribution in [0.15, 0.2) is 24.4 Å². The van der Waals surface area contributed by atoms with Gasteiger partial charge in [-0.25, -0.2) is 9.97 Å². The van der Waals surface area contributed by atoms with E-state index >= 15 is 0 Å². The molecular formula is C19H25N5O2. The van der Waals surface area contributed by atoms with Crippen molar-refractivity contribution < 1.29 is 9.59 Å². The summed E-state index contributed by atoms with van der Waals surface area (Å²) in [6.07, 6.45) is 1.41. The lowest BCUT2D eigenvalue weighted by molar-refractivity contribution is -0.118. The molecule has 7 nitrogen and oxygen atoms in total. The number of aryl methyl sites for hydroxylation is 2. The van der Waals surface area contributed by atoms with Crippen LogP contribution in [-0.2, 0) is 4.79 Å². The maximum absolute atomic E-state index is 11.8. The third-order valence-corrected chi connectivity index (χ3v) is 4.18. The lowest BCUT2D eigenvalue weighted by atomic mass is 10.0. The summed E-state index contributed by atoms with van der Waals surface area (Å²) >= 11 is 0. The van der Waals surface area contributed by atoms with E-state index < -0.39 is 11.9 Å². The van der Waals surface area contributed by atoms with Crippen molar-refractivity contribution in [3.05, 3.63) is 41.2 Å². The minimum atomic E-state index is -0.678. The van der Waals surface area contributed by atoms with E-state index in [-0.39, 0.29) is 23.2 Å². The molecule has 0 spiro atoms. The van der Waals surface area contributed by atoms with Gasteiger partial charge in [0.2, 0.25) is 0 Å². The van der Waals surface area contributed by atoms with Crippen molar-refractivity contribution in [2.75, 3.05) is 10.6 Å². The molecule has 1 heterocycles. The number of benzene rings is 1. The standard InChI is InChI=1S/C19H25N5O2/c1-10(2)16(13(5)25)23-15-9-21-17(18(20)26)19(24-15)22-14-7-6-11(3)12(4)8-14/h6-10,16H,1-5H3,(H2,20,26)(H2,22,23,24)/t16-/m1/s1. The summed E-state index contributed by atoms with van der Waals surface area (Å²) in [5.41, 5.74) is 8.49. The number of anilines is 3. The normalized spacial score (nSPS) is 11.9. The van der Waals surface area contributed by atoms with E-state index in [9.17, 15) is 9.59 Å². The number of amides is 1. The Labute approximate surface area is 153 Å². The highest BCUT2D eigenvalue weighted by atomic mass is 16.1. The number of hydrogen-bond acceptors (Lipinski definition) is 6. The first-order chi connectivity index (χ1) is 12.2. The van der Waals surface area contributed by atoms with Crippen molar-refractivity contribution in [1.82, 2.24) is 9.97 Å². The fourth-order valence-corrected chi connectivity index (χ4v) is 2.58. The van der Waals surface area contributed by atoms with Crippen molar-refractivity contribution in [2.24, 2.45) is 11.7 Å². The van der Waals surface area contributed by atoms with E-state index in [4.69, 9.17) is 5.73 Å². The van der Waals surface area contributed by atoms with Crippen molar-refractivity contribution in [1.29, 1.82) is 0 Å². The molecule has 26 heavy (non-hydrogen) atoms.